The molecule has 23 heavy (non-hydrogen) atoms. The Hall–Kier alpha value is -2.57. The van der Waals surface area contributed by atoms with Gasteiger partial charge in [0.25, 0.3) is 0 Å². The topological polar surface area (TPSA) is 87.5 Å². The van der Waals surface area contributed by atoms with Gasteiger partial charge in [0.1, 0.15) is 0 Å². The first kappa shape index (κ1) is 15.3. The molecule has 2 N–H and O–H groups in total. The van der Waals surface area contributed by atoms with Crippen molar-refractivity contribution in [3.8, 4) is 0 Å². The minimum Gasteiger partial charge on any atom is -0.478 e. The molecule has 1 aromatic heterocycles. The van der Waals surface area contributed by atoms with E-state index in [0.717, 1.165) is 24.9 Å². The van der Waals surface area contributed by atoms with E-state index >= 15 is 0 Å². The number of amides is 2. The highest BCUT2D eigenvalue weighted by atomic mass is 16.4. The molecule has 3 rings (SSSR count). The molecule has 0 aliphatic carbocycles. The summed E-state index contributed by atoms with van der Waals surface area (Å²) in [6.45, 7) is 4.83. The number of rotatable bonds is 2. The summed E-state index contributed by atoms with van der Waals surface area (Å²) in [5, 5.41) is 11.9. The number of nitrogens with one attached hydrogen (secondary N) is 1. The van der Waals surface area contributed by atoms with Gasteiger partial charge in [0.15, 0.2) is 0 Å². The van der Waals surface area contributed by atoms with Crippen LogP contribution in [0.1, 0.15) is 37.0 Å². The lowest BCUT2D eigenvalue weighted by atomic mass is 10.0. The van der Waals surface area contributed by atoms with Crippen molar-refractivity contribution >= 4 is 29.0 Å². The van der Waals surface area contributed by atoms with Gasteiger partial charge >= 0.3 is 12.0 Å². The van der Waals surface area contributed by atoms with Crippen molar-refractivity contribution in [3.63, 3.8) is 0 Å². The number of anilines is 1. The second kappa shape index (κ2) is 5.26. The van der Waals surface area contributed by atoms with Gasteiger partial charge in [0.05, 0.1) is 16.6 Å². The van der Waals surface area contributed by atoms with Crippen LogP contribution < -0.4 is 5.32 Å². The van der Waals surface area contributed by atoms with Crippen molar-refractivity contribution in [2.24, 2.45) is 7.05 Å². The Bertz CT molecular complexity index is 794. The maximum Gasteiger partial charge on any atom is 0.335 e. The number of hydrogen-bond acceptors (Lipinski definition) is 3. The summed E-state index contributed by atoms with van der Waals surface area (Å²) in [6, 6.07) is 4.56. The average molecular weight is 316 g/mol. The van der Waals surface area contributed by atoms with Crippen molar-refractivity contribution in [1.82, 2.24) is 14.5 Å². The molecule has 0 spiro atoms. The minimum absolute atomic E-state index is 0.162. The summed E-state index contributed by atoms with van der Waals surface area (Å²) >= 11 is 0. The zero-order valence-electron chi connectivity index (χ0n) is 13.5. The van der Waals surface area contributed by atoms with E-state index in [1.54, 1.807) is 17.7 Å². The lowest BCUT2D eigenvalue weighted by molar-refractivity contribution is 0.0697. The summed E-state index contributed by atoms with van der Waals surface area (Å²) in [4.78, 5) is 29.7. The highest BCUT2D eigenvalue weighted by Crippen LogP contribution is 2.29. The second-order valence-corrected chi connectivity index (χ2v) is 6.50. The smallest absolute Gasteiger partial charge is 0.335 e. The number of imidazole rings is 1. The van der Waals surface area contributed by atoms with Gasteiger partial charge in [-0.1, -0.05) is 0 Å². The van der Waals surface area contributed by atoms with Crippen molar-refractivity contribution in [3.05, 3.63) is 23.8 Å². The Morgan fingerprint density at radius 3 is 2.70 bits per heavy atom. The fourth-order valence-corrected chi connectivity index (χ4v) is 3.09. The van der Waals surface area contributed by atoms with Gasteiger partial charge in [-0.25, -0.2) is 14.6 Å². The van der Waals surface area contributed by atoms with Gasteiger partial charge in [-0.3, -0.25) is 5.32 Å². The number of urea groups is 1. The van der Waals surface area contributed by atoms with Crippen LogP contribution in [-0.2, 0) is 7.05 Å². The summed E-state index contributed by atoms with van der Waals surface area (Å²) in [7, 11) is 1.79. The maximum atomic E-state index is 12.5. The molecule has 0 atom stereocenters. The van der Waals surface area contributed by atoms with E-state index < -0.39 is 5.97 Å². The summed E-state index contributed by atoms with van der Waals surface area (Å²) in [6.07, 6.45) is 1.97. The number of carbonyl (C=O) groups excluding carboxylic acids is 1. The van der Waals surface area contributed by atoms with Gasteiger partial charge < -0.3 is 14.6 Å². The van der Waals surface area contributed by atoms with E-state index in [1.807, 2.05) is 18.7 Å². The van der Waals surface area contributed by atoms with Gasteiger partial charge in [0, 0.05) is 19.1 Å². The Morgan fingerprint density at radius 2 is 2.09 bits per heavy atom. The predicted molar refractivity (Wildman–Crippen MR) is 86.7 cm³/mol. The van der Waals surface area contributed by atoms with Crippen LogP contribution in [-0.4, -0.2) is 43.6 Å². The fraction of sp³-hybridized carbons (Fsp3) is 0.438. The quantitative estimate of drug-likeness (QED) is 0.891. The van der Waals surface area contributed by atoms with Crippen LogP contribution in [0.15, 0.2) is 18.2 Å². The fourth-order valence-electron chi connectivity index (χ4n) is 3.09. The molecule has 1 aliphatic rings. The van der Waals surface area contributed by atoms with Crippen molar-refractivity contribution in [2.75, 3.05) is 11.9 Å². The number of fused-ring (bicyclic) bond motifs is 1. The average Bonchev–Trinajstić information content (AvgIpc) is 2.98. The van der Waals surface area contributed by atoms with Crippen LogP contribution in [0.3, 0.4) is 0 Å². The number of benzene rings is 1. The molecule has 0 unspecified atom stereocenters. The molecule has 7 nitrogen and oxygen atoms in total. The predicted octanol–water partition coefficient (Wildman–Crippen LogP) is 2.68. The molecular weight excluding hydrogens is 296 g/mol. The molecule has 0 saturated carbocycles. The number of hydrogen-bond donors (Lipinski definition) is 2. The van der Waals surface area contributed by atoms with Crippen LogP contribution in [0, 0.1) is 0 Å². The third-order valence-electron chi connectivity index (χ3n) is 4.49. The zero-order valence-corrected chi connectivity index (χ0v) is 13.5. The summed E-state index contributed by atoms with van der Waals surface area (Å²) < 4.78 is 1.75. The van der Waals surface area contributed by atoms with Crippen LogP contribution in [0.25, 0.3) is 11.0 Å². The maximum absolute atomic E-state index is 12.5. The molecule has 2 heterocycles. The van der Waals surface area contributed by atoms with Gasteiger partial charge in [-0.05, 0) is 44.9 Å². The van der Waals surface area contributed by atoms with E-state index in [4.69, 9.17) is 5.11 Å². The number of carbonyl (C=O) groups is 2. The van der Waals surface area contributed by atoms with Gasteiger partial charge in [-0.15, -0.1) is 0 Å². The number of likely N-dealkylation sites (tertiary alicyclic amines) is 1. The standard InChI is InChI=1S/C16H20N4O3/c1-16(2)7-4-8-20(16)15(23)18-14-17-11-9-10(13(21)22)5-6-12(11)19(14)3/h5-6,9H,4,7-8H2,1-3H3,(H,21,22)(H,17,18,23). The molecule has 1 aromatic carbocycles. The summed E-state index contributed by atoms with van der Waals surface area (Å²) in [5.74, 6) is -0.586. The molecule has 1 aliphatic heterocycles. The first-order valence-electron chi connectivity index (χ1n) is 7.58. The Morgan fingerprint density at radius 1 is 1.35 bits per heavy atom. The zero-order chi connectivity index (χ0) is 16.8. The lowest BCUT2D eigenvalue weighted by Gasteiger charge is -2.31. The monoisotopic (exact) mass is 316 g/mol. The van der Waals surface area contributed by atoms with Gasteiger partial charge in [0.2, 0.25) is 5.95 Å². The number of aromatic nitrogens is 2. The molecular formula is C16H20N4O3. The van der Waals surface area contributed by atoms with Crippen LogP contribution in [0.4, 0.5) is 10.7 Å². The minimum atomic E-state index is -0.998. The number of aromatic carboxylic acids is 1. The molecule has 2 aromatic rings. The van der Waals surface area contributed by atoms with Crippen molar-refractivity contribution in [1.29, 1.82) is 0 Å². The number of carboxylic acid groups (broad SMARTS) is 1. The third kappa shape index (κ3) is 2.62. The van der Waals surface area contributed by atoms with Crippen LogP contribution >= 0.6 is 0 Å². The molecule has 1 fully saturated rings. The molecule has 7 heteroatoms. The second-order valence-electron chi connectivity index (χ2n) is 6.50. The van der Waals surface area contributed by atoms with E-state index in [0.29, 0.717) is 11.5 Å². The van der Waals surface area contributed by atoms with E-state index in [2.05, 4.69) is 10.3 Å². The Balaban J connectivity index is 1.90. The lowest BCUT2D eigenvalue weighted by Crippen LogP contribution is -2.45. The number of aryl methyl sites for hydroxylation is 1. The highest BCUT2D eigenvalue weighted by Gasteiger charge is 2.35. The van der Waals surface area contributed by atoms with E-state index in [-0.39, 0.29) is 17.1 Å². The molecule has 2 amide bonds. The van der Waals surface area contributed by atoms with E-state index in [9.17, 15) is 9.59 Å². The Labute approximate surface area is 133 Å². The van der Waals surface area contributed by atoms with E-state index in [1.165, 1.54) is 12.1 Å². The molecule has 122 valence electrons. The molecule has 0 radical (unpaired) electrons. The number of nitrogens with zero attached hydrogens (tertiary/aromatic N) is 3. The van der Waals surface area contributed by atoms with Gasteiger partial charge in [-0.2, -0.15) is 0 Å². The van der Waals surface area contributed by atoms with Crippen LogP contribution in [0.2, 0.25) is 0 Å². The van der Waals surface area contributed by atoms with Crippen molar-refractivity contribution < 1.29 is 14.7 Å². The van der Waals surface area contributed by atoms with Crippen LogP contribution in [0.5, 0.6) is 0 Å². The number of carboxylic acids is 1. The Kier molecular flexibility index (Phi) is 3.50. The SMILES string of the molecule is Cn1c(NC(=O)N2CCCC2(C)C)nc2cc(C(=O)O)ccc21. The third-order valence-corrected chi connectivity index (χ3v) is 4.49. The largest absolute Gasteiger partial charge is 0.478 e. The molecule has 0 bridgehead atoms. The first-order valence-corrected chi connectivity index (χ1v) is 7.58. The highest BCUT2D eigenvalue weighted by molar-refractivity contribution is 5.94. The molecule has 1 saturated heterocycles. The summed E-state index contributed by atoms with van der Waals surface area (Å²) in [5.41, 5.74) is 1.33. The van der Waals surface area contributed by atoms with Crippen molar-refractivity contribution in [2.45, 2.75) is 32.2 Å². The normalized spacial score (nSPS) is 16.7. The first-order chi connectivity index (χ1) is 10.8.